The Morgan fingerprint density at radius 3 is 3.12 bits per heavy atom. The van der Waals surface area contributed by atoms with Gasteiger partial charge < -0.3 is 15.0 Å². The number of para-hydroxylation sites is 1. The number of carbonyl (C=O) groups is 1. The van der Waals surface area contributed by atoms with E-state index in [1.165, 1.54) is 6.42 Å². The van der Waals surface area contributed by atoms with Crippen LogP contribution in [0.4, 0.5) is 0 Å². The van der Waals surface area contributed by atoms with Crippen molar-refractivity contribution >= 4 is 5.91 Å². The topological polar surface area (TPSA) is 54.5 Å². The van der Waals surface area contributed by atoms with Gasteiger partial charge in [0, 0.05) is 24.5 Å². The van der Waals surface area contributed by atoms with Gasteiger partial charge in [-0.15, -0.1) is 0 Å². The highest BCUT2D eigenvalue weighted by Crippen LogP contribution is 2.23. The van der Waals surface area contributed by atoms with Crippen LogP contribution >= 0.6 is 0 Å². The number of benzene rings is 1. The smallest absolute Gasteiger partial charge is 0.255 e. The third-order valence-electron chi connectivity index (χ3n) is 4.97. The van der Waals surface area contributed by atoms with Gasteiger partial charge in [-0.25, -0.2) is 0 Å². The van der Waals surface area contributed by atoms with Crippen molar-refractivity contribution in [3.63, 3.8) is 0 Å². The first-order valence-electron chi connectivity index (χ1n) is 8.94. The number of nitrogens with zero attached hydrogens (tertiary/aromatic N) is 2. The molecule has 1 N–H and O–H groups in total. The summed E-state index contributed by atoms with van der Waals surface area (Å²) in [6, 6.07) is 9.92. The van der Waals surface area contributed by atoms with E-state index >= 15 is 0 Å². The highest BCUT2D eigenvalue weighted by Gasteiger charge is 2.22. The van der Waals surface area contributed by atoms with Gasteiger partial charge in [-0.05, 0) is 49.5 Å². The van der Waals surface area contributed by atoms with Gasteiger partial charge >= 0.3 is 0 Å². The lowest BCUT2D eigenvalue weighted by atomic mass is 9.99. The van der Waals surface area contributed by atoms with Crippen molar-refractivity contribution in [2.75, 3.05) is 26.2 Å². The zero-order chi connectivity index (χ0) is 17.1. The third kappa shape index (κ3) is 3.66. The van der Waals surface area contributed by atoms with Gasteiger partial charge in [0.25, 0.3) is 5.91 Å². The second-order valence-corrected chi connectivity index (χ2v) is 6.83. The molecule has 1 atom stereocenters. The number of pyridine rings is 1. The summed E-state index contributed by atoms with van der Waals surface area (Å²) in [6.45, 7) is 3.82. The summed E-state index contributed by atoms with van der Waals surface area (Å²) >= 11 is 0. The van der Waals surface area contributed by atoms with Crippen molar-refractivity contribution in [1.29, 1.82) is 0 Å². The summed E-state index contributed by atoms with van der Waals surface area (Å²) in [5.74, 6) is 1.54. The largest absolute Gasteiger partial charge is 0.491 e. The summed E-state index contributed by atoms with van der Waals surface area (Å²) in [6.07, 6.45) is 5.73. The first-order valence-corrected chi connectivity index (χ1v) is 8.94. The minimum absolute atomic E-state index is 0.0270. The standard InChI is InChI=1S/C20H23N3O2/c24-20(23-7-8-25-19-4-2-1-3-17(19)14-23)18-10-16(12-22-13-18)9-15-5-6-21-11-15/h1-4,10,12-13,15,21H,5-9,11,14H2. The molecule has 2 aliphatic heterocycles. The van der Waals surface area contributed by atoms with Gasteiger partial charge in [-0.2, -0.15) is 0 Å². The fraction of sp³-hybridized carbons (Fsp3) is 0.400. The first-order chi connectivity index (χ1) is 12.3. The summed E-state index contributed by atoms with van der Waals surface area (Å²) in [5, 5.41) is 3.39. The van der Waals surface area contributed by atoms with Gasteiger partial charge in [0.1, 0.15) is 12.4 Å². The Morgan fingerprint density at radius 2 is 2.24 bits per heavy atom. The molecule has 1 amide bonds. The molecule has 1 unspecified atom stereocenters. The number of hydrogen-bond donors (Lipinski definition) is 1. The van der Waals surface area contributed by atoms with E-state index in [9.17, 15) is 4.79 Å². The maximum Gasteiger partial charge on any atom is 0.255 e. The molecule has 3 heterocycles. The van der Waals surface area contributed by atoms with Crippen LogP contribution in [0.25, 0.3) is 0 Å². The molecule has 0 aliphatic carbocycles. The molecule has 1 aromatic carbocycles. The lowest BCUT2D eigenvalue weighted by molar-refractivity contribution is 0.0732. The Hall–Kier alpha value is -2.40. The summed E-state index contributed by atoms with van der Waals surface area (Å²) in [7, 11) is 0. The van der Waals surface area contributed by atoms with Crippen molar-refractivity contribution in [2.24, 2.45) is 5.92 Å². The number of ether oxygens (including phenoxy) is 1. The number of fused-ring (bicyclic) bond motifs is 1. The van der Waals surface area contributed by atoms with E-state index in [1.807, 2.05) is 41.4 Å². The molecule has 130 valence electrons. The average molecular weight is 337 g/mol. The lowest BCUT2D eigenvalue weighted by Gasteiger charge is -2.20. The van der Waals surface area contributed by atoms with Crippen LogP contribution in [0.2, 0.25) is 0 Å². The maximum absolute atomic E-state index is 13.0. The zero-order valence-electron chi connectivity index (χ0n) is 14.3. The summed E-state index contributed by atoms with van der Waals surface area (Å²) in [5.41, 5.74) is 2.86. The Kier molecular flexibility index (Phi) is 4.65. The molecular weight excluding hydrogens is 314 g/mol. The van der Waals surface area contributed by atoms with Crippen LogP contribution in [0.5, 0.6) is 5.75 Å². The molecule has 1 fully saturated rings. The van der Waals surface area contributed by atoms with Crippen LogP contribution < -0.4 is 10.1 Å². The van der Waals surface area contributed by atoms with Gasteiger partial charge in [0.15, 0.2) is 0 Å². The van der Waals surface area contributed by atoms with Crippen LogP contribution in [0, 0.1) is 5.92 Å². The highest BCUT2D eigenvalue weighted by atomic mass is 16.5. The predicted octanol–water partition coefficient (Wildman–Crippen LogP) is 2.27. The lowest BCUT2D eigenvalue weighted by Crippen LogP contribution is -2.32. The van der Waals surface area contributed by atoms with Crippen LogP contribution in [-0.2, 0) is 13.0 Å². The van der Waals surface area contributed by atoms with Gasteiger partial charge in [-0.3, -0.25) is 9.78 Å². The maximum atomic E-state index is 13.0. The van der Waals surface area contributed by atoms with E-state index in [0.717, 1.165) is 36.4 Å². The molecule has 5 nitrogen and oxygen atoms in total. The molecule has 1 saturated heterocycles. The Morgan fingerprint density at radius 1 is 1.32 bits per heavy atom. The molecule has 0 radical (unpaired) electrons. The van der Waals surface area contributed by atoms with Crippen LogP contribution in [0.15, 0.2) is 42.7 Å². The minimum Gasteiger partial charge on any atom is -0.491 e. The van der Waals surface area contributed by atoms with Crippen molar-refractivity contribution in [3.8, 4) is 5.75 Å². The Labute approximate surface area is 148 Å². The molecule has 0 bridgehead atoms. The SMILES string of the molecule is O=C(c1cncc(CC2CCNC2)c1)N1CCOc2ccccc2C1. The first kappa shape index (κ1) is 16.1. The number of amides is 1. The van der Waals surface area contributed by atoms with Crippen molar-refractivity contribution in [3.05, 3.63) is 59.4 Å². The molecule has 1 aromatic heterocycles. The molecule has 2 aromatic rings. The van der Waals surface area contributed by atoms with E-state index in [1.54, 1.807) is 6.20 Å². The number of rotatable bonds is 3. The normalized spacial score (nSPS) is 19.8. The number of hydrogen-bond acceptors (Lipinski definition) is 4. The highest BCUT2D eigenvalue weighted by molar-refractivity contribution is 5.94. The van der Waals surface area contributed by atoms with Crippen LogP contribution in [0.1, 0.15) is 27.9 Å². The van der Waals surface area contributed by atoms with Gasteiger partial charge in [0.2, 0.25) is 0 Å². The second-order valence-electron chi connectivity index (χ2n) is 6.83. The molecule has 0 saturated carbocycles. The van der Waals surface area contributed by atoms with Crippen molar-refractivity contribution in [1.82, 2.24) is 15.2 Å². The summed E-state index contributed by atoms with van der Waals surface area (Å²) in [4.78, 5) is 19.1. The molecule has 0 spiro atoms. The van der Waals surface area contributed by atoms with E-state index < -0.39 is 0 Å². The quantitative estimate of drug-likeness (QED) is 0.933. The van der Waals surface area contributed by atoms with E-state index in [4.69, 9.17) is 4.74 Å². The van der Waals surface area contributed by atoms with Crippen molar-refractivity contribution in [2.45, 2.75) is 19.4 Å². The minimum atomic E-state index is 0.0270. The molecular formula is C20H23N3O2. The number of carbonyl (C=O) groups excluding carboxylic acids is 1. The Bertz CT molecular complexity index is 756. The van der Waals surface area contributed by atoms with E-state index in [-0.39, 0.29) is 5.91 Å². The summed E-state index contributed by atoms with van der Waals surface area (Å²) < 4.78 is 5.76. The molecule has 25 heavy (non-hydrogen) atoms. The number of aromatic nitrogens is 1. The molecule has 2 aliphatic rings. The van der Waals surface area contributed by atoms with E-state index in [0.29, 0.717) is 31.2 Å². The fourth-order valence-electron chi connectivity index (χ4n) is 3.62. The van der Waals surface area contributed by atoms with E-state index in [2.05, 4.69) is 10.3 Å². The molecule has 4 rings (SSSR count). The third-order valence-corrected chi connectivity index (χ3v) is 4.97. The second kappa shape index (κ2) is 7.23. The van der Waals surface area contributed by atoms with Crippen molar-refractivity contribution < 1.29 is 9.53 Å². The average Bonchev–Trinajstić information content (AvgIpc) is 3.05. The van der Waals surface area contributed by atoms with Gasteiger partial charge in [-0.1, -0.05) is 18.2 Å². The monoisotopic (exact) mass is 337 g/mol. The number of nitrogens with one attached hydrogen (secondary N) is 1. The van der Waals surface area contributed by atoms with Crippen LogP contribution in [-0.4, -0.2) is 42.0 Å². The molecule has 5 heteroatoms. The van der Waals surface area contributed by atoms with Crippen LogP contribution in [0.3, 0.4) is 0 Å². The fourth-order valence-corrected chi connectivity index (χ4v) is 3.62. The predicted molar refractivity (Wildman–Crippen MR) is 95.6 cm³/mol. The Balaban J connectivity index is 1.50. The zero-order valence-corrected chi connectivity index (χ0v) is 14.3. The van der Waals surface area contributed by atoms with Gasteiger partial charge in [0.05, 0.1) is 12.1 Å².